The van der Waals surface area contributed by atoms with Gasteiger partial charge >= 0.3 is 17.9 Å². The zero-order valence-electron chi connectivity index (χ0n) is 35.2. The molecule has 0 saturated heterocycles. The van der Waals surface area contributed by atoms with Crippen LogP contribution >= 0.6 is 0 Å². The van der Waals surface area contributed by atoms with E-state index in [1.54, 1.807) is 60.7 Å². The zero-order chi connectivity index (χ0) is 47.3. The van der Waals surface area contributed by atoms with Gasteiger partial charge in [-0.15, -0.1) is 0 Å². The molecule has 0 spiro atoms. The predicted octanol–water partition coefficient (Wildman–Crippen LogP) is 2.48. The minimum absolute atomic E-state index is 0.0147. The summed E-state index contributed by atoms with van der Waals surface area (Å²) in [4.78, 5) is 129. The number of carbonyl (C=O) groups is 10. The number of carboxylic acid groups (broad SMARTS) is 3. The molecule has 1 saturated carbocycles. The Morgan fingerprint density at radius 3 is 1.55 bits per heavy atom. The van der Waals surface area contributed by atoms with Gasteiger partial charge < -0.3 is 46.7 Å². The van der Waals surface area contributed by atoms with Gasteiger partial charge in [-0.05, 0) is 36.3 Å². The summed E-state index contributed by atoms with van der Waals surface area (Å²) in [6.45, 7) is 1.02. The van der Waals surface area contributed by atoms with Crippen molar-refractivity contribution in [3.05, 3.63) is 71.8 Å². The fourth-order valence-electron chi connectivity index (χ4n) is 7.65. The maximum atomic E-state index is 14.8. The van der Waals surface area contributed by atoms with Crippen molar-refractivity contribution in [2.24, 2.45) is 11.8 Å². The molecule has 1 fully saturated rings. The van der Waals surface area contributed by atoms with E-state index >= 15 is 0 Å². The second kappa shape index (κ2) is 26.1. The van der Waals surface area contributed by atoms with Crippen molar-refractivity contribution in [1.82, 2.24) is 26.6 Å². The highest BCUT2D eigenvalue weighted by atomic mass is 19.3. The number of aliphatic carboxylic acids is 3. The highest BCUT2D eigenvalue weighted by Gasteiger charge is 2.39. The van der Waals surface area contributed by atoms with Crippen LogP contribution in [-0.2, 0) is 47.9 Å². The van der Waals surface area contributed by atoms with Gasteiger partial charge in [0.05, 0.1) is 18.4 Å². The number of Topliss-reactive ketones (excluding diaryl/α,β-unsaturated/α-hetero) is 1. The number of nitrogens with one attached hydrogen (secondary N) is 5. The predicted molar refractivity (Wildman–Crippen MR) is 222 cm³/mol. The largest absolute Gasteiger partial charge is 0.481 e. The van der Waals surface area contributed by atoms with Gasteiger partial charge in [0, 0.05) is 32.1 Å². The molecule has 348 valence electrons. The van der Waals surface area contributed by atoms with Crippen LogP contribution in [0.3, 0.4) is 0 Å². The molecule has 20 heteroatoms. The molecule has 0 radical (unpaired) electrons. The van der Waals surface area contributed by atoms with Crippen molar-refractivity contribution < 1.29 is 72.0 Å². The fraction of sp³-hybridized carbons (Fsp3) is 0.500. The molecule has 5 amide bonds. The zero-order valence-corrected chi connectivity index (χ0v) is 35.2. The fourth-order valence-corrected chi connectivity index (χ4v) is 7.65. The molecular weight excluding hydrogens is 845 g/mol. The van der Waals surface area contributed by atoms with Crippen molar-refractivity contribution in [1.29, 1.82) is 0 Å². The first kappa shape index (κ1) is 51.7. The van der Waals surface area contributed by atoms with Crippen LogP contribution in [0.1, 0.15) is 101 Å². The maximum absolute atomic E-state index is 14.8. The van der Waals surface area contributed by atoms with Gasteiger partial charge in [-0.3, -0.25) is 43.2 Å². The van der Waals surface area contributed by atoms with E-state index in [9.17, 15) is 72.0 Å². The van der Waals surface area contributed by atoms with Crippen LogP contribution in [0.4, 0.5) is 8.78 Å². The minimum atomic E-state index is -3.03. The molecule has 1 aliphatic carbocycles. The van der Waals surface area contributed by atoms with Gasteiger partial charge in [0.2, 0.25) is 36.0 Å². The van der Waals surface area contributed by atoms with Gasteiger partial charge in [0.25, 0.3) is 0 Å². The molecule has 0 bridgehead atoms. The van der Waals surface area contributed by atoms with E-state index in [4.69, 9.17) is 0 Å². The van der Waals surface area contributed by atoms with E-state index in [0.717, 1.165) is 26.2 Å². The van der Waals surface area contributed by atoms with Crippen LogP contribution in [-0.4, -0.2) is 111 Å². The third kappa shape index (κ3) is 17.3. The number of ketones is 1. The van der Waals surface area contributed by atoms with Gasteiger partial charge in [0.1, 0.15) is 30.5 Å². The van der Waals surface area contributed by atoms with Gasteiger partial charge in [-0.1, -0.05) is 92.8 Å². The normalized spacial score (nSPS) is 15.6. The second-order valence-corrected chi connectivity index (χ2v) is 15.7. The van der Waals surface area contributed by atoms with Crippen LogP contribution in [0, 0.1) is 11.8 Å². The molecule has 0 unspecified atom stereocenters. The van der Waals surface area contributed by atoms with E-state index in [1.807, 2.05) is 0 Å². The molecule has 8 N–H and O–H groups in total. The molecule has 18 nitrogen and oxygen atoms in total. The van der Waals surface area contributed by atoms with Crippen molar-refractivity contribution >= 4 is 59.5 Å². The number of alkyl halides is 2. The van der Waals surface area contributed by atoms with E-state index in [2.05, 4.69) is 26.6 Å². The number of carboxylic acids is 3. The molecule has 64 heavy (non-hydrogen) atoms. The summed E-state index contributed by atoms with van der Waals surface area (Å²) in [5, 5.41) is 40.5. The first-order valence-corrected chi connectivity index (χ1v) is 20.9. The van der Waals surface area contributed by atoms with Crippen LogP contribution in [0.15, 0.2) is 60.7 Å². The Labute approximate surface area is 367 Å². The summed E-state index contributed by atoms with van der Waals surface area (Å²) in [5.41, 5.74) is 0.854. The third-order valence-corrected chi connectivity index (χ3v) is 10.8. The lowest BCUT2D eigenvalue weighted by atomic mass is 9.82. The summed E-state index contributed by atoms with van der Waals surface area (Å²) in [6, 6.07) is 7.97. The average Bonchev–Trinajstić information content (AvgIpc) is 3.25. The smallest absolute Gasteiger partial charge is 0.305 e. The van der Waals surface area contributed by atoms with Crippen molar-refractivity contribution in [2.45, 2.75) is 127 Å². The molecule has 2 aromatic rings. The highest BCUT2D eigenvalue weighted by Crippen LogP contribution is 2.30. The number of carbonyl (C=O) groups excluding carboxylic acids is 7. The molecule has 2 aromatic carbocycles. The molecular formula is C44H55F2N5O13. The quantitative estimate of drug-likeness (QED) is 0.0473. The lowest BCUT2D eigenvalue weighted by Crippen LogP contribution is -2.60. The Kier molecular flexibility index (Phi) is 21.1. The Hall–Kier alpha value is -6.60. The van der Waals surface area contributed by atoms with E-state index < -0.39 is 140 Å². The number of halogens is 2. The molecule has 3 rings (SSSR count). The van der Waals surface area contributed by atoms with Gasteiger partial charge in [-0.25, -0.2) is 8.78 Å². The van der Waals surface area contributed by atoms with Crippen molar-refractivity contribution in [2.75, 3.05) is 0 Å². The van der Waals surface area contributed by atoms with Crippen LogP contribution < -0.4 is 26.6 Å². The average molecular weight is 900 g/mol. The summed E-state index contributed by atoms with van der Waals surface area (Å²) in [6.07, 6.45) is -3.69. The third-order valence-electron chi connectivity index (χ3n) is 10.8. The summed E-state index contributed by atoms with van der Waals surface area (Å²) >= 11 is 0. The van der Waals surface area contributed by atoms with Crippen LogP contribution in [0.25, 0.3) is 0 Å². The SMILES string of the molecule is CC(=O)N[C@@H](CC(=O)O)C(=O)N[C@@H](CCC(=O)O)C(=O)N[C@H](C(=O)N[C@@H](CCC(=O)O)C(=O)N[C@@H](CC1CCCCC1)C(=O)[C@H](C=O)CC(F)F)C(c1ccccc1)c1ccccc1. The molecule has 0 heterocycles. The van der Waals surface area contributed by atoms with Gasteiger partial charge in [0.15, 0.2) is 5.78 Å². The van der Waals surface area contributed by atoms with E-state index in [1.165, 1.54) is 0 Å². The monoisotopic (exact) mass is 899 g/mol. The Morgan fingerprint density at radius 2 is 1.09 bits per heavy atom. The number of benzene rings is 2. The molecule has 6 atom stereocenters. The lowest BCUT2D eigenvalue weighted by molar-refractivity contribution is -0.141. The molecule has 0 aliphatic heterocycles. The minimum Gasteiger partial charge on any atom is -0.481 e. The first-order valence-electron chi connectivity index (χ1n) is 20.9. The molecule has 1 aliphatic rings. The summed E-state index contributed by atoms with van der Waals surface area (Å²) in [5.74, 6) is -13.5. The summed E-state index contributed by atoms with van der Waals surface area (Å²) < 4.78 is 26.9. The highest BCUT2D eigenvalue weighted by molar-refractivity contribution is 6.00. The van der Waals surface area contributed by atoms with Crippen LogP contribution in [0.2, 0.25) is 0 Å². The Balaban J connectivity index is 2.11. The van der Waals surface area contributed by atoms with E-state index in [0.29, 0.717) is 24.0 Å². The summed E-state index contributed by atoms with van der Waals surface area (Å²) in [7, 11) is 0. The number of aldehydes is 1. The van der Waals surface area contributed by atoms with Crippen molar-refractivity contribution in [3.63, 3.8) is 0 Å². The lowest BCUT2D eigenvalue weighted by Gasteiger charge is -2.32. The number of rotatable bonds is 27. The standard InChI is InChI=1S/C44H55F2N5O13/c1-25(53)47-33(23-37(58)59)43(63)48-31(18-20-36(56)57)42(62)51-39(38(27-13-7-3-8-14-27)28-15-9-4-10-16-28)44(64)49-30(17-19-35(54)55)41(61)50-32(21-26-11-5-2-6-12-26)40(60)29(24-52)22-34(45)46/h3-4,7-10,13-16,24,26,29-34,38-39H,2,5-6,11-12,17-23H2,1H3,(H,47,53)(H,48,63)(H,49,64)(H,50,61)(H,51,62)(H,54,55)(H,56,57)(H,58,59)/t29-,30-,31-,32-,33-,39-/m0/s1. The van der Waals surface area contributed by atoms with Gasteiger partial charge in [-0.2, -0.15) is 0 Å². The van der Waals surface area contributed by atoms with Crippen molar-refractivity contribution in [3.8, 4) is 0 Å². The Morgan fingerprint density at radius 1 is 0.625 bits per heavy atom. The number of hydrogen-bond acceptors (Lipinski definition) is 10. The second-order valence-electron chi connectivity index (χ2n) is 15.7. The molecule has 0 aromatic heterocycles. The number of amides is 5. The first-order chi connectivity index (χ1) is 30.4. The Bertz CT molecular complexity index is 1890. The van der Waals surface area contributed by atoms with E-state index in [-0.39, 0.29) is 18.6 Å². The maximum Gasteiger partial charge on any atom is 0.305 e. The van der Waals surface area contributed by atoms with Crippen LogP contribution in [0.5, 0.6) is 0 Å². The number of hydrogen-bond donors (Lipinski definition) is 8. The topological polar surface area (TPSA) is 292 Å².